The second-order valence-electron chi connectivity index (χ2n) is 6.88. The maximum Gasteiger partial charge on any atom is 0.337 e. The van der Waals surface area contributed by atoms with Gasteiger partial charge in [-0.2, -0.15) is 5.10 Å². The van der Waals surface area contributed by atoms with Crippen molar-refractivity contribution in [2.45, 2.75) is 12.7 Å². The lowest BCUT2D eigenvalue weighted by Crippen LogP contribution is -2.29. The zero-order chi connectivity index (χ0) is 20.2. The van der Waals surface area contributed by atoms with Crippen LogP contribution >= 0.6 is 0 Å². The molecule has 2 aromatic carbocycles. The summed E-state index contributed by atoms with van der Waals surface area (Å²) >= 11 is 0. The molecule has 4 rings (SSSR count). The van der Waals surface area contributed by atoms with E-state index in [1.54, 1.807) is 18.3 Å². The first-order chi connectivity index (χ1) is 14.2. The molecule has 0 saturated heterocycles. The van der Waals surface area contributed by atoms with Gasteiger partial charge in [0, 0.05) is 11.6 Å². The molecular formula is C23H22N4O2. The molecule has 0 amide bonds. The number of aromatic nitrogens is 3. The van der Waals surface area contributed by atoms with E-state index in [4.69, 9.17) is 4.74 Å². The van der Waals surface area contributed by atoms with Crippen molar-refractivity contribution in [3.05, 3.63) is 95.9 Å². The molecular weight excluding hydrogens is 364 g/mol. The third-order valence-corrected chi connectivity index (χ3v) is 4.94. The number of fused-ring (bicyclic) bond motifs is 1. The number of esters is 1. The number of hydrogen-bond acceptors (Lipinski definition) is 5. The second-order valence-corrected chi connectivity index (χ2v) is 6.88. The molecule has 2 heterocycles. The highest BCUT2D eigenvalue weighted by molar-refractivity contribution is 5.94. The number of hydrogen-bond donors (Lipinski definition) is 0. The Morgan fingerprint density at radius 1 is 1.10 bits per heavy atom. The van der Waals surface area contributed by atoms with Crippen molar-refractivity contribution >= 4 is 16.9 Å². The Bertz CT molecular complexity index is 1070. The first-order valence-electron chi connectivity index (χ1n) is 9.37. The van der Waals surface area contributed by atoms with Crippen molar-refractivity contribution in [2.24, 2.45) is 0 Å². The van der Waals surface area contributed by atoms with Crippen LogP contribution in [0.1, 0.15) is 27.7 Å². The van der Waals surface area contributed by atoms with Crippen molar-refractivity contribution < 1.29 is 9.53 Å². The molecule has 6 heteroatoms. The van der Waals surface area contributed by atoms with Gasteiger partial charge in [0.25, 0.3) is 0 Å². The molecule has 2 aromatic heterocycles. The lowest BCUT2D eigenvalue weighted by Gasteiger charge is -2.28. The van der Waals surface area contributed by atoms with Crippen molar-refractivity contribution in [1.82, 2.24) is 19.7 Å². The SMILES string of the molecule is COC(=O)c1ccc2c(cnn2CN(C)C(c2ccccc2)c2ccccn2)c1. The Morgan fingerprint density at radius 3 is 2.62 bits per heavy atom. The number of benzene rings is 2. The van der Waals surface area contributed by atoms with Crippen LogP contribution in [0, 0.1) is 0 Å². The predicted octanol–water partition coefficient (Wildman–Crippen LogP) is 3.90. The van der Waals surface area contributed by atoms with Crippen LogP contribution in [-0.4, -0.2) is 39.8 Å². The molecule has 0 aliphatic rings. The van der Waals surface area contributed by atoms with Crippen LogP contribution in [-0.2, 0) is 11.4 Å². The molecule has 0 saturated carbocycles. The van der Waals surface area contributed by atoms with E-state index < -0.39 is 0 Å². The minimum atomic E-state index is -0.351. The number of carbonyl (C=O) groups excluding carboxylic acids is 1. The molecule has 0 bridgehead atoms. The number of methoxy groups -OCH3 is 1. The van der Waals surface area contributed by atoms with Crippen LogP contribution < -0.4 is 0 Å². The lowest BCUT2D eigenvalue weighted by molar-refractivity contribution is 0.0601. The molecule has 146 valence electrons. The summed E-state index contributed by atoms with van der Waals surface area (Å²) in [5, 5.41) is 5.43. The molecule has 6 nitrogen and oxygen atoms in total. The third kappa shape index (κ3) is 3.88. The molecule has 1 atom stereocenters. The maximum atomic E-state index is 11.8. The van der Waals surface area contributed by atoms with E-state index in [9.17, 15) is 4.79 Å². The highest BCUT2D eigenvalue weighted by Gasteiger charge is 2.21. The highest BCUT2D eigenvalue weighted by atomic mass is 16.5. The molecule has 0 aliphatic carbocycles. The summed E-state index contributed by atoms with van der Waals surface area (Å²) in [7, 11) is 3.44. The minimum absolute atomic E-state index is 0.00834. The fraction of sp³-hybridized carbons (Fsp3) is 0.174. The number of nitrogens with zero attached hydrogens (tertiary/aromatic N) is 4. The van der Waals surface area contributed by atoms with Crippen molar-refractivity contribution in [2.75, 3.05) is 14.2 Å². The second kappa shape index (κ2) is 8.24. The van der Waals surface area contributed by atoms with Crippen LogP contribution in [0.4, 0.5) is 0 Å². The van der Waals surface area contributed by atoms with E-state index >= 15 is 0 Å². The van der Waals surface area contributed by atoms with Crippen molar-refractivity contribution in [3.8, 4) is 0 Å². The fourth-order valence-electron chi connectivity index (χ4n) is 3.56. The minimum Gasteiger partial charge on any atom is -0.465 e. The summed E-state index contributed by atoms with van der Waals surface area (Å²) in [4.78, 5) is 18.6. The normalized spacial score (nSPS) is 12.2. The van der Waals surface area contributed by atoms with Crippen molar-refractivity contribution in [1.29, 1.82) is 0 Å². The first-order valence-corrected chi connectivity index (χ1v) is 9.37. The average Bonchev–Trinajstić information content (AvgIpc) is 3.16. The number of rotatable bonds is 6. The van der Waals surface area contributed by atoms with E-state index in [-0.39, 0.29) is 12.0 Å². The van der Waals surface area contributed by atoms with Gasteiger partial charge in [0.15, 0.2) is 0 Å². The van der Waals surface area contributed by atoms with Crippen LogP contribution in [0.5, 0.6) is 0 Å². The summed E-state index contributed by atoms with van der Waals surface area (Å²) < 4.78 is 6.73. The van der Waals surface area contributed by atoms with Crippen LogP contribution in [0.2, 0.25) is 0 Å². The quantitative estimate of drug-likeness (QED) is 0.471. The Kier molecular flexibility index (Phi) is 5.35. The van der Waals surface area contributed by atoms with Gasteiger partial charge in [-0.05, 0) is 42.9 Å². The monoisotopic (exact) mass is 386 g/mol. The summed E-state index contributed by atoms with van der Waals surface area (Å²) in [6.45, 7) is 0.567. The largest absolute Gasteiger partial charge is 0.465 e. The Morgan fingerprint density at radius 2 is 1.90 bits per heavy atom. The molecule has 0 fully saturated rings. The van der Waals surface area contributed by atoms with Gasteiger partial charge in [-0.15, -0.1) is 0 Å². The number of pyridine rings is 1. The van der Waals surface area contributed by atoms with Gasteiger partial charge >= 0.3 is 5.97 Å². The Labute approximate surface area is 169 Å². The van der Waals surface area contributed by atoms with Gasteiger partial charge in [-0.1, -0.05) is 36.4 Å². The molecule has 0 N–H and O–H groups in total. The van der Waals surface area contributed by atoms with Crippen molar-refractivity contribution in [3.63, 3.8) is 0 Å². The Balaban J connectivity index is 1.66. The first kappa shape index (κ1) is 18.8. The summed E-state index contributed by atoms with van der Waals surface area (Å²) in [6.07, 6.45) is 3.59. The molecule has 0 spiro atoms. The summed E-state index contributed by atoms with van der Waals surface area (Å²) in [5.41, 5.74) is 3.62. The van der Waals surface area contributed by atoms with Crippen LogP contribution in [0.25, 0.3) is 10.9 Å². The van der Waals surface area contributed by atoms with Gasteiger partial charge < -0.3 is 4.74 Å². The summed E-state index contributed by atoms with van der Waals surface area (Å²) in [6, 6.07) is 21.7. The standard InChI is InChI=1S/C23H22N4O2/c1-26(22(17-8-4-3-5-9-17)20-10-6-7-13-24-20)16-27-21-12-11-18(23(28)29-2)14-19(21)15-25-27/h3-15,22H,16H2,1-2H3. The molecule has 0 aliphatic heterocycles. The Hall–Kier alpha value is -3.51. The van der Waals surface area contributed by atoms with E-state index in [2.05, 4.69) is 34.2 Å². The van der Waals surface area contributed by atoms with E-state index in [1.807, 2.05) is 53.3 Å². The van der Waals surface area contributed by atoms with E-state index in [0.29, 0.717) is 12.2 Å². The van der Waals surface area contributed by atoms with Gasteiger partial charge in [-0.25, -0.2) is 4.79 Å². The zero-order valence-corrected chi connectivity index (χ0v) is 16.4. The maximum absolute atomic E-state index is 11.8. The van der Waals surface area contributed by atoms with Crippen LogP contribution in [0.15, 0.2) is 79.1 Å². The van der Waals surface area contributed by atoms with E-state index in [1.165, 1.54) is 7.11 Å². The van der Waals surface area contributed by atoms with Gasteiger partial charge in [0.05, 0.1) is 42.8 Å². The molecule has 4 aromatic rings. The van der Waals surface area contributed by atoms with Gasteiger partial charge in [0.1, 0.15) is 0 Å². The van der Waals surface area contributed by atoms with Gasteiger partial charge in [-0.3, -0.25) is 14.6 Å². The predicted molar refractivity (Wildman–Crippen MR) is 111 cm³/mol. The number of carbonyl (C=O) groups is 1. The van der Waals surface area contributed by atoms with E-state index in [0.717, 1.165) is 22.2 Å². The number of ether oxygens (including phenoxy) is 1. The third-order valence-electron chi connectivity index (χ3n) is 4.94. The lowest BCUT2D eigenvalue weighted by atomic mass is 10.0. The van der Waals surface area contributed by atoms with Crippen LogP contribution in [0.3, 0.4) is 0 Å². The molecule has 0 radical (unpaired) electrons. The molecule has 29 heavy (non-hydrogen) atoms. The molecule has 1 unspecified atom stereocenters. The average molecular weight is 386 g/mol. The van der Waals surface area contributed by atoms with Gasteiger partial charge in [0.2, 0.25) is 0 Å². The topological polar surface area (TPSA) is 60.2 Å². The summed E-state index contributed by atoms with van der Waals surface area (Å²) in [5.74, 6) is -0.351. The fourth-order valence-corrected chi connectivity index (χ4v) is 3.56. The highest BCUT2D eigenvalue weighted by Crippen LogP contribution is 2.27. The smallest absolute Gasteiger partial charge is 0.337 e. The zero-order valence-electron chi connectivity index (χ0n) is 16.4.